The lowest BCUT2D eigenvalue weighted by Gasteiger charge is -2.43. The predicted molar refractivity (Wildman–Crippen MR) is 39.4 cm³/mol. The maximum Gasteiger partial charge on any atom is 0.0572 e. The highest BCUT2D eigenvalue weighted by molar-refractivity contribution is 4.93. The minimum Gasteiger partial charge on any atom is -0.393 e. The second-order valence-corrected chi connectivity index (χ2v) is 3.80. The van der Waals surface area contributed by atoms with Crippen LogP contribution in [0.3, 0.4) is 0 Å². The van der Waals surface area contributed by atoms with Crippen LogP contribution < -0.4 is 5.73 Å². The van der Waals surface area contributed by atoms with Crippen LogP contribution in [-0.2, 0) is 0 Å². The average molecular weight is 141 g/mol. The van der Waals surface area contributed by atoms with E-state index in [-0.39, 0.29) is 6.10 Å². The summed E-state index contributed by atoms with van der Waals surface area (Å²) in [5.74, 6) is 1.15. The minimum absolute atomic E-state index is 0.0291. The molecular formula is C8H15NO. The number of aliphatic hydroxyl groups excluding tert-OH is 1. The Balaban J connectivity index is 2.09. The molecule has 3 fully saturated rings. The van der Waals surface area contributed by atoms with Gasteiger partial charge in [0.1, 0.15) is 0 Å². The normalized spacial score (nSPS) is 53.4. The summed E-state index contributed by atoms with van der Waals surface area (Å²) in [6.45, 7) is 0. The fraction of sp³-hybridized carbons (Fsp3) is 1.00. The molecule has 58 valence electrons. The highest BCUT2D eigenvalue weighted by Crippen LogP contribution is 2.40. The molecule has 4 atom stereocenters. The fourth-order valence-corrected chi connectivity index (χ4v) is 2.45. The van der Waals surface area contributed by atoms with Crippen LogP contribution in [0.5, 0.6) is 0 Å². The summed E-state index contributed by atoms with van der Waals surface area (Å²) in [5.41, 5.74) is 5.87. The lowest BCUT2D eigenvalue weighted by Crippen LogP contribution is -2.47. The van der Waals surface area contributed by atoms with Crippen molar-refractivity contribution in [1.82, 2.24) is 0 Å². The molecule has 0 saturated heterocycles. The Bertz CT molecular complexity index is 121. The van der Waals surface area contributed by atoms with E-state index in [4.69, 9.17) is 5.73 Å². The van der Waals surface area contributed by atoms with Gasteiger partial charge in [0.15, 0.2) is 0 Å². The van der Waals surface area contributed by atoms with E-state index in [0.29, 0.717) is 17.9 Å². The van der Waals surface area contributed by atoms with Gasteiger partial charge < -0.3 is 10.8 Å². The monoisotopic (exact) mass is 141 g/mol. The first-order valence-electron chi connectivity index (χ1n) is 4.21. The van der Waals surface area contributed by atoms with E-state index in [9.17, 15) is 5.11 Å². The van der Waals surface area contributed by atoms with Gasteiger partial charge in [-0.2, -0.15) is 0 Å². The van der Waals surface area contributed by atoms with Gasteiger partial charge in [-0.25, -0.2) is 0 Å². The summed E-state index contributed by atoms with van der Waals surface area (Å²) >= 11 is 0. The SMILES string of the molecule is NC1CC2CCC1CC2O. The summed E-state index contributed by atoms with van der Waals surface area (Å²) in [6.07, 6.45) is 4.46. The van der Waals surface area contributed by atoms with Crippen LogP contribution in [0, 0.1) is 11.8 Å². The molecule has 2 bridgehead atoms. The maximum absolute atomic E-state index is 9.46. The number of hydrogen-bond acceptors (Lipinski definition) is 2. The van der Waals surface area contributed by atoms with Crippen LogP contribution in [0.2, 0.25) is 0 Å². The van der Waals surface area contributed by atoms with E-state index in [1.807, 2.05) is 0 Å². The average Bonchev–Trinajstić information content (AvgIpc) is 1.91. The lowest BCUT2D eigenvalue weighted by molar-refractivity contribution is -0.00833. The number of hydrogen-bond donors (Lipinski definition) is 2. The van der Waals surface area contributed by atoms with Crippen molar-refractivity contribution in [3.8, 4) is 0 Å². The Hall–Kier alpha value is -0.0800. The highest BCUT2D eigenvalue weighted by atomic mass is 16.3. The molecule has 10 heavy (non-hydrogen) atoms. The molecule has 0 amide bonds. The molecule has 0 aromatic heterocycles. The number of aliphatic hydroxyl groups is 1. The second-order valence-electron chi connectivity index (χ2n) is 3.80. The van der Waals surface area contributed by atoms with E-state index < -0.39 is 0 Å². The maximum atomic E-state index is 9.46. The summed E-state index contributed by atoms with van der Waals surface area (Å²) in [5, 5.41) is 9.46. The molecule has 3 aliphatic carbocycles. The zero-order valence-electron chi connectivity index (χ0n) is 6.16. The molecule has 0 aliphatic heterocycles. The molecule has 0 spiro atoms. The van der Waals surface area contributed by atoms with Crippen molar-refractivity contribution in [2.45, 2.75) is 37.8 Å². The first kappa shape index (κ1) is 6.62. The third-order valence-electron chi connectivity index (χ3n) is 3.18. The Morgan fingerprint density at radius 3 is 2.10 bits per heavy atom. The van der Waals surface area contributed by atoms with Gasteiger partial charge in [0.2, 0.25) is 0 Å². The summed E-state index contributed by atoms with van der Waals surface area (Å²) in [4.78, 5) is 0. The summed E-state index contributed by atoms with van der Waals surface area (Å²) < 4.78 is 0. The van der Waals surface area contributed by atoms with Crippen LogP contribution in [0.25, 0.3) is 0 Å². The molecule has 3 rings (SSSR count). The van der Waals surface area contributed by atoms with Gasteiger partial charge in [-0.15, -0.1) is 0 Å². The first-order chi connectivity index (χ1) is 4.77. The van der Waals surface area contributed by atoms with Gasteiger partial charge in [-0.05, 0) is 37.5 Å². The van der Waals surface area contributed by atoms with Gasteiger partial charge in [0.25, 0.3) is 0 Å². The zero-order valence-corrected chi connectivity index (χ0v) is 6.16. The quantitative estimate of drug-likeness (QED) is 0.516. The molecule has 4 unspecified atom stereocenters. The van der Waals surface area contributed by atoms with Crippen LogP contribution in [0.4, 0.5) is 0 Å². The van der Waals surface area contributed by atoms with E-state index >= 15 is 0 Å². The molecule has 2 nitrogen and oxygen atoms in total. The van der Waals surface area contributed by atoms with Crippen LogP contribution in [-0.4, -0.2) is 17.3 Å². The van der Waals surface area contributed by atoms with Gasteiger partial charge in [-0.3, -0.25) is 0 Å². The van der Waals surface area contributed by atoms with Crippen molar-refractivity contribution in [2.75, 3.05) is 0 Å². The standard InChI is InChI=1S/C8H15NO/c9-7-3-6-2-1-5(7)4-8(6)10/h5-8,10H,1-4,9H2. The fourth-order valence-electron chi connectivity index (χ4n) is 2.45. The minimum atomic E-state index is -0.0291. The van der Waals surface area contributed by atoms with Gasteiger partial charge in [0.05, 0.1) is 6.10 Å². The molecule has 0 aromatic carbocycles. The smallest absolute Gasteiger partial charge is 0.0572 e. The van der Waals surface area contributed by atoms with E-state index in [0.717, 1.165) is 12.8 Å². The Morgan fingerprint density at radius 1 is 1.10 bits per heavy atom. The van der Waals surface area contributed by atoms with Crippen LogP contribution >= 0.6 is 0 Å². The Labute approximate surface area is 61.4 Å². The number of nitrogens with two attached hydrogens (primary N) is 1. The number of rotatable bonds is 0. The topological polar surface area (TPSA) is 46.2 Å². The largest absolute Gasteiger partial charge is 0.393 e. The van der Waals surface area contributed by atoms with Gasteiger partial charge >= 0.3 is 0 Å². The molecule has 3 saturated carbocycles. The van der Waals surface area contributed by atoms with Crippen LogP contribution in [0.1, 0.15) is 25.7 Å². The third kappa shape index (κ3) is 0.867. The third-order valence-corrected chi connectivity index (χ3v) is 3.18. The molecular weight excluding hydrogens is 126 g/mol. The second kappa shape index (κ2) is 2.21. The molecule has 3 aliphatic rings. The highest BCUT2D eigenvalue weighted by Gasteiger charge is 2.38. The first-order valence-corrected chi connectivity index (χ1v) is 4.21. The molecule has 0 aromatic rings. The summed E-state index contributed by atoms with van der Waals surface area (Å²) in [7, 11) is 0. The van der Waals surface area contributed by atoms with Crippen LogP contribution in [0.15, 0.2) is 0 Å². The van der Waals surface area contributed by atoms with E-state index in [1.165, 1.54) is 12.8 Å². The molecule has 3 N–H and O–H groups in total. The van der Waals surface area contributed by atoms with Crippen molar-refractivity contribution in [3.05, 3.63) is 0 Å². The van der Waals surface area contributed by atoms with Crippen molar-refractivity contribution in [1.29, 1.82) is 0 Å². The van der Waals surface area contributed by atoms with E-state index in [2.05, 4.69) is 0 Å². The van der Waals surface area contributed by atoms with E-state index in [1.54, 1.807) is 0 Å². The van der Waals surface area contributed by atoms with Gasteiger partial charge in [0, 0.05) is 6.04 Å². The number of fused-ring (bicyclic) bond motifs is 3. The Kier molecular flexibility index (Phi) is 1.46. The zero-order chi connectivity index (χ0) is 7.14. The van der Waals surface area contributed by atoms with Crippen molar-refractivity contribution >= 4 is 0 Å². The molecule has 2 heteroatoms. The Morgan fingerprint density at radius 2 is 1.80 bits per heavy atom. The summed E-state index contributed by atoms with van der Waals surface area (Å²) in [6, 6.07) is 0.391. The molecule has 0 heterocycles. The van der Waals surface area contributed by atoms with Crippen molar-refractivity contribution in [3.63, 3.8) is 0 Å². The molecule has 0 radical (unpaired) electrons. The predicted octanol–water partition coefficient (Wildman–Crippen LogP) is 0.495. The lowest BCUT2D eigenvalue weighted by atomic mass is 9.67. The van der Waals surface area contributed by atoms with Gasteiger partial charge in [-0.1, -0.05) is 0 Å². The van der Waals surface area contributed by atoms with Crippen molar-refractivity contribution in [2.24, 2.45) is 17.6 Å². The van der Waals surface area contributed by atoms with Crippen molar-refractivity contribution < 1.29 is 5.11 Å².